The van der Waals surface area contributed by atoms with Gasteiger partial charge in [0.2, 0.25) is 0 Å². The Morgan fingerprint density at radius 3 is 2.76 bits per heavy atom. The van der Waals surface area contributed by atoms with Gasteiger partial charge < -0.3 is 5.32 Å². The highest BCUT2D eigenvalue weighted by Gasteiger charge is 2.12. The molecule has 21 heavy (non-hydrogen) atoms. The van der Waals surface area contributed by atoms with Crippen molar-refractivity contribution in [2.45, 2.75) is 0 Å². The van der Waals surface area contributed by atoms with E-state index in [1.165, 1.54) is 0 Å². The van der Waals surface area contributed by atoms with Crippen molar-refractivity contribution in [1.29, 1.82) is 0 Å². The Balaban J connectivity index is 2.02. The van der Waals surface area contributed by atoms with Crippen LogP contribution in [0.15, 0.2) is 59.2 Å². The number of halogens is 2. The number of anilines is 1. The van der Waals surface area contributed by atoms with Crippen LogP contribution in [0.1, 0.15) is 10.4 Å². The van der Waals surface area contributed by atoms with Gasteiger partial charge in [0.25, 0.3) is 5.91 Å². The Morgan fingerprint density at radius 2 is 1.95 bits per heavy atom. The summed E-state index contributed by atoms with van der Waals surface area (Å²) in [6, 6.07) is 15.2. The Bertz CT molecular complexity index is 835. The summed E-state index contributed by atoms with van der Waals surface area (Å²) in [7, 11) is 0. The number of benzene rings is 2. The highest BCUT2D eigenvalue weighted by atomic mass is 127. The fourth-order valence-electron chi connectivity index (χ4n) is 2.09. The van der Waals surface area contributed by atoms with Crippen molar-refractivity contribution in [3.8, 4) is 0 Å². The van der Waals surface area contributed by atoms with Crippen molar-refractivity contribution in [1.82, 2.24) is 4.98 Å². The largest absolute Gasteiger partial charge is 0.320 e. The number of hydrogen-bond acceptors (Lipinski definition) is 2. The molecule has 1 heterocycles. The van der Waals surface area contributed by atoms with Crippen molar-refractivity contribution < 1.29 is 4.79 Å². The molecule has 0 fully saturated rings. The van der Waals surface area contributed by atoms with E-state index in [9.17, 15) is 4.79 Å². The molecule has 0 saturated carbocycles. The first-order valence-corrected chi connectivity index (χ1v) is 8.12. The molecule has 0 atom stereocenters. The SMILES string of the molecule is O=C(Nc1cc(Br)cc2cccnc12)c1ccccc1I. The van der Waals surface area contributed by atoms with E-state index in [-0.39, 0.29) is 5.91 Å². The number of aromatic nitrogens is 1. The van der Waals surface area contributed by atoms with E-state index in [0.717, 1.165) is 18.9 Å². The van der Waals surface area contributed by atoms with Crippen LogP contribution < -0.4 is 5.32 Å². The number of nitrogens with one attached hydrogen (secondary N) is 1. The minimum absolute atomic E-state index is 0.134. The molecule has 0 aliphatic heterocycles. The number of amides is 1. The summed E-state index contributed by atoms with van der Waals surface area (Å²) in [5.41, 5.74) is 2.13. The molecule has 3 rings (SSSR count). The molecule has 0 unspecified atom stereocenters. The van der Waals surface area contributed by atoms with Gasteiger partial charge in [0.1, 0.15) is 0 Å². The fraction of sp³-hybridized carbons (Fsp3) is 0. The molecular formula is C16H10BrIN2O. The van der Waals surface area contributed by atoms with Gasteiger partial charge in [-0.3, -0.25) is 9.78 Å². The van der Waals surface area contributed by atoms with Gasteiger partial charge in [-0.2, -0.15) is 0 Å². The van der Waals surface area contributed by atoms with E-state index in [0.29, 0.717) is 11.3 Å². The van der Waals surface area contributed by atoms with Gasteiger partial charge in [0.15, 0.2) is 0 Å². The summed E-state index contributed by atoms with van der Waals surface area (Å²) in [5.74, 6) is -0.134. The molecule has 3 aromatic rings. The van der Waals surface area contributed by atoms with Crippen LogP contribution in [0, 0.1) is 3.57 Å². The molecule has 0 bridgehead atoms. The molecular weight excluding hydrogens is 443 g/mol. The number of carbonyl (C=O) groups is 1. The molecule has 0 aliphatic rings. The van der Waals surface area contributed by atoms with Gasteiger partial charge in [-0.1, -0.05) is 34.1 Å². The van der Waals surface area contributed by atoms with Gasteiger partial charge >= 0.3 is 0 Å². The zero-order valence-electron chi connectivity index (χ0n) is 10.8. The first kappa shape index (κ1) is 14.5. The zero-order chi connectivity index (χ0) is 14.8. The van der Waals surface area contributed by atoms with Crippen LogP contribution in [0.4, 0.5) is 5.69 Å². The maximum atomic E-state index is 12.4. The molecule has 1 amide bonds. The second kappa shape index (κ2) is 6.11. The maximum absolute atomic E-state index is 12.4. The molecule has 3 nitrogen and oxygen atoms in total. The van der Waals surface area contributed by atoms with Crippen LogP contribution in [0.3, 0.4) is 0 Å². The molecule has 5 heteroatoms. The average Bonchev–Trinajstić information content (AvgIpc) is 2.47. The Morgan fingerprint density at radius 1 is 1.14 bits per heavy atom. The first-order valence-electron chi connectivity index (χ1n) is 6.25. The van der Waals surface area contributed by atoms with E-state index >= 15 is 0 Å². The van der Waals surface area contributed by atoms with E-state index in [1.54, 1.807) is 6.20 Å². The predicted octanol–water partition coefficient (Wildman–Crippen LogP) is 4.85. The minimum Gasteiger partial charge on any atom is -0.320 e. The van der Waals surface area contributed by atoms with E-state index in [4.69, 9.17) is 0 Å². The zero-order valence-corrected chi connectivity index (χ0v) is 14.6. The quantitative estimate of drug-likeness (QED) is 0.564. The van der Waals surface area contributed by atoms with Gasteiger partial charge in [0, 0.05) is 19.6 Å². The van der Waals surface area contributed by atoms with Crippen LogP contribution in [0.25, 0.3) is 10.9 Å². The van der Waals surface area contributed by atoms with Crippen molar-refractivity contribution in [2.75, 3.05) is 5.32 Å². The highest BCUT2D eigenvalue weighted by Crippen LogP contribution is 2.27. The van der Waals surface area contributed by atoms with Gasteiger partial charge in [-0.25, -0.2) is 0 Å². The number of fused-ring (bicyclic) bond motifs is 1. The lowest BCUT2D eigenvalue weighted by atomic mass is 10.1. The van der Waals surface area contributed by atoms with E-state index < -0.39 is 0 Å². The standard InChI is InChI=1S/C16H10BrIN2O/c17-11-8-10-4-3-7-19-15(10)14(9-11)20-16(21)12-5-1-2-6-13(12)18/h1-9H,(H,20,21). The van der Waals surface area contributed by atoms with Crippen molar-refractivity contribution in [3.05, 3.63) is 68.3 Å². The number of pyridine rings is 1. The highest BCUT2D eigenvalue weighted by molar-refractivity contribution is 14.1. The summed E-state index contributed by atoms with van der Waals surface area (Å²) in [6.07, 6.45) is 1.72. The van der Waals surface area contributed by atoms with Crippen molar-refractivity contribution >= 4 is 61.0 Å². The number of carbonyl (C=O) groups excluding carboxylic acids is 1. The van der Waals surface area contributed by atoms with Crippen molar-refractivity contribution in [3.63, 3.8) is 0 Å². The molecule has 1 N–H and O–H groups in total. The molecule has 1 aromatic heterocycles. The van der Waals surface area contributed by atoms with Gasteiger partial charge in [0.05, 0.1) is 16.8 Å². The number of hydrogen-bond donors (Lipinski definition) is 1. The smallest absolute Gasteiger partial charge is 0.256 e. The van der Waals surface area contributed by atoms with Gasteiger partial charge in [-0.15, -0.1) is 0 Å². The summed E-state index contributed by atoms with van der Waals surface area (Å²) in [6.45, 7) is 0. The summed E-state index contributed by atoms with van der Waals surface area (Å²) < 4.78 is 1.82. The molecule has 0 radical (unpaired) electrons. The Kier molecular flexibility index (Phi) is 4.21. The van der Waals surface area contributed by atoms with Gasteiger partial charge in [-0.05, 0) is 52.9 Å². The third kappa shape index (κ3) is 3.08. The fourth-order valence-corrected chi connectivity index (χ4v) is 3.19. The molecule has 0 spiro atoms. The lowest BCUT2D eigenvalue weighted by Crippen LogP contribution is -2.13. The van der Waals surface area contributed by atoms with Crippen molar-refractivity contribution in [2.24, 2.45) is 0 Å². The molecule has 0 saturated heterocycles. The van der Waals surface area contributed by atoms with Crippen LogP contribution in [0.5, 0.6) is 0 Å². The molecule has 0 aliphatic carbocycles. The molecule has 2 aromatic carbocycles. The summed E-state index contributed by atoms with van der Waals surface area (Å²) in [5, 5.41) is 3.92. The third-order valence-corrected chi connectivity index (χ3v) is 4.43. The lowest BCUT2D eigenvalue weighted by Gasteiger charge is -2.10. The summed E-state index contributed by atoms with van der Waals surface area (Å²) >= 11 is 5.62. The first-order chi connectivity index (χ1) is 10.1. The minimum atomic E-state index is -0.134. The van der Waals surface area contributed by atoms with Crippen LogP contribution in [-0.4, -0.2) is 10.9 Å². The molecule has 104 valence electrons. The predicted molar refractivity (Wildman–Crippen MR) is 96.6 cm³/mol. The number of rotatable bonds is 2. The lowest BCUT2D eigenvalue weighted by molar-refractivity contribution is 0.102. The Labute approximate surface area is 144 Å². The third-order valence-electron chi connectivity index (χ3n) is 3.04. The van der Waals surface area contributed by atoms with Crippen LogP contribution in [-0.2, 0) is 0 Å². The van der Waals surface area contributed by atoms with Crippen LogP contribution >= 0.6 is 38.5 Å². The topological polar surface area (TPSA) is 42.0 Å². The summed E-state index contributed by atoms with van der Waals surface area (Å²) in [4.78, 5) is 16.8. The average molecular weight is 453 g/mol. The normalized spacial score (nSPS) is 10.6. The number of nitrogens with zero attached hydrogens (tertiary/aromatic N) is 1. The van der Waals surface area contributed by atoms with Crippen LogP contribution in [0.2, 0.25) is 0 Å². The Hall–Kier alpha value is -1.47. The second-order valence-corrected chi connectivity index (χ2v) is 6.54. The maximum Gasteiger partial charge on any atom is 0.256 e. The monoisotopic (exact) mass is 452 g/mol. The van der Waals surface area contributed by atoms with E-state index in [1.807, 2.05) is 48.5 Å². The second-order valence-electron chi connectivity index (χ2n) is 4.46. The van der Waals surface area contributed by atoms with E-state index in [2.05, 4.69) is 48.8 Å².